The molecule has 2 heterocycles. The fourth-order valence-electron chi connectivity index (χ4n) is 3.91. The number of methoxy groups -OCH3 is 1. The molecule has 24 heavy (non-hydrogen) atoms. The normalized spacial score (nSPS) is 24.4. The van der Waals surface area contributed by atoms with E-state index in [9.17, 15) is 0 Å². The van der Waals surface area contributed by atoms with Crippen molar-refractivity contribution >= 4 is 0 Å². The third kappa shape index (κ3) is 3.06. The van der Waals surface area contributed by atoms with Crippen LogP contribution in [0.1, 0.15) is 36.6 Å². The maximum atomic E-state index is 5.45. The van der Waals surface area contributed by atoms with Gasteiger partial charge in [0.05, 0.1) is 18.8 Å². The molecule has 0 bridgehead atoms. The second-order valence-electron chi connectivity index (χ2n) is 6.91. The zero-order valence-electron chi connectivity index (χ0n) is 14.5. The van der Waals surface area contributed by atoms with Crippen LogP contribution in [0.3, 0.4) is 0 Å². The molecule has 0 amide bonds. The minimum atomic E-state index is 0.431. The average Bonchev–Trinajstić information content (AvgIpc) is 3.24. The largest absolute Gasteiger partial charge is 0.497 e. The molecule has 128 valence electrons. The van der Waals surface area contributed by atoms with E-state index in [1.165, 1.54) is 37.1 Å². The van der Waals surface area contributed by atoms with Crippen LogP contribution in [0, 0.1) is 0 Å². The summed E-state index contributed by atoms with van der Waals surface area (Å²) in [6, 6.07) is 12.3. The number of likely N-dealkylation sites (tertiary alicyclic amines) is 1. The molecule has 1 aliphatic carbocycles. The summed E-state index contributed by atoms with van der Waals surface area (Å²) in [4.78, 5) is 2.69. The van der Waals surface area contributed by atoms with Crippen LogP contribution in [0.4, 0.5) is 0 Å². The molecule has 1 N–H and O–H groups in total. The summed E-state index contributed by atoms with van der Waals surface area (Å²) in [5, 5.41) is 8.04. The van der Waals surface area contributed by atoms with E-state index in [1.54, 1.807) is 7.11 Å². The molecule has 2 aromatic rings. The Bertz CT molecular complexity index is 694. The quantitative estimate of drug-likeness (QED) is 0.886. The van der Waals surface area contributed by atoms with Crippen molar-refractivity contribution in [1.29, 1.82) is 0 Å². The standard InChI is InChI=1S/C19H26N4O/c1-22-16(8-10-21-22)13-20-18-9-11-23(15-6-7-15)19(18)14-4-3-5-17(12-14)24-2/h3-5,8,10,12,15,18-20H,6-7,9,11,13H2,1-2H3. The van der Waals surface area contributed by atoms with Crippen molar-refractivity contribution in [3.8, 4) is 5.75 Å². The van der Waals surface area contributed by atoms with Crippen molar-refractivity contribution in [3.05, 3.63) is 47.8 Å². The van der Waals surface area contributed by atoms with Gasteiger partial charge >= 0.3 is 0 Å². The molecule has 1 aromatic carbocycles. The highest BCUT2D eigenvalue weighted by Crippen LogP contribution is 2.41. The number of ether oxygens (including phenoxy) is 1. The van der Waals surface area contributed by atoms with Gasteiger partial charge in [-0.25, -0.2) is 0 Å². The van der Waals surface area contributed by atoms with Gasteiger partial charge < -0.3 is 10.1 Å². The second-order valence-corrected chi connectivity index (χ2v) is 6.91. The molecule has 2 fully saturated rings. The van der Waals surface area contributed by atoms with Crippen molar-refractivity contribution in [1.82, 2.24) is 20.0 Å². The van der Waals surface area contributed by atoms with Crippen molar-refractivity contribution < 1.29 is 4.74 Å². The van der Waals surface area contributed by atoms with Crippen LogP contribution in [-0.4, -0.2) is 40.4 Å². The van der Waals surface area contributed by atoms with E-state index in [4.69, 9.17) is 4.74 Å². The van der Waals surface area contributed by atoms with Gasteiger partial charge in [-0.3, -0.25) is 9.58 Å². The van der Waals surface area contributed by atoms with Crippen LogP contribution in [0.25, 0.3) is 0 Å². The van der Waals surface area contributed by atoms with Crippen LogP contribution >= 0.6 is 0 Å². The number of hydrogen-bond acceptors (Lipinski definition) is 4. The third-order valence-corrected chi connectivity index (χ3v) is 5.36. The maximum absolute atomic E-state index is 5.45. The highest BCUT2D eigenvalue weighted by atomic mass is 16.5. The highest BCUT2D eigenvalue weighted by Gasteiger charge is 2.42. The Labute approximate surface area is 143 Å². The van der Waals surface area contributed by atoms with E-state index >= 15 is 0 Å². The highest BCUT2D eigenvalue weighted by molar-refractivity contribution is 5.32. The molecule has 4 rings (SSSR count). The number of nitrogens with zero attached hydrogens (tertiary/aromatic N) is 3. The average molecular weight is 326 g/mol. The van der Waals surface area contributed by atoms with Crippen molar-refractivity contribution in [3.63, 3.8) is 0 Å². The topological polar surface area (TPSA) is 42.3 Å². The predicted molar refractivity (Wildman–Crippen MR) is 93.9 cm³/mol. The van der Waals surface area contributed by atoms with E-state index in [-0.39, 0.29) is 0 Å². The smallest absolute Gasteiger partial charge is 0.119 e. The molecular formula is C19H26N4O. The Balaban J connectivity index is 1.54. The lowest BCUT2D eigenvalue weighted by atomic mass is 9.99. The molecule has 2 atom stereocenters. The van der Waals surface area contributed by atoms with Crippen LogP contribution < -0.4 is 10.1 Å². The van der Waals surface area contributed by atoms with Gasteiger partial charge in [0, 0.05) is 38.4 Å². The molecule has 0 spiro atoms. The lowest BCUT2D eigenvalue weighted by Crippen LogP contribution is -2.37. The first-order chi connectivity index (χ1) is 11.8. The van der Waals surface area contributed by atoms with E-state index < -0.39 is 0 Å². The number of rotatable bonds is 6. The Morgan fingerprint density at radius 2 is 2.12 bits per heavy atom. The van der Waals surface area contributed by atoms with E-state index in [0.29, 0.717) is 12.1 Å². The van der Waals surface area contributed by atoms with Crippen LogP contribution in [0.15, 0.2) is 36.5 Å². The van der Waals surface area contributed by atoms with Crippen molar-refractivity contribution in [2.24, 2.45) is 7.05 Å². The molecule has 5 heteroatoms. The van der Waals surface area contributed by atoms with Gasteiger partial charge in [-0.15, -0.1) is 0 Å². The molecule has 2 unspecified atom stereocenters. The number of hydrogen-bond donors (Lipinski definition) is 1. The Morgan fingerprint density at radius 1 is 1.25 bits per heavy atom. The number of aryl methyl sites for hydroxylation is 1. The number of nitrogens with one attached hydrogen (secondary N) is 1. The van der Waals surface area contributed by atoms with Gasteiger partial charge in [-0.1, -0.05) is 12.1 Å². The first kappa shape index (κ1) is 15.7. The van der Waals surface area contributed by atoms with Crippen LogP contribution in [0.5, 0.6) is 5.75 Å². The third-order valence-electron chi connectivity index (χ3n) is 5.36. The predicted octanol–water partition coefficient (Wildman–Crippen LogP) is 2.50. The molecule has 1 saturated carbocycles. The summed E-state index contributed by atoms with van der Waals surface area (Å²) < 4.78 is 7.39. The Hall–Kier alpha value is -1.85. The Morgan fingerprint density at radius 3 is 2.83 bits per heavy atom. The molecular weight excluding hydrogens is 300 g/mol. The van der Waals surface area contributed by atoms with Crippen molar-refractivity contribution in [2.75, 3.05) is 13.7 Å². The number of benzene rings is 1. The van der Waals surface area contributed by atoms with Crippen LogP contribution in [-0.2, 0) is 13.6 Å². The van der Waals surface area contributed by atoms with Gasteiger partial charge in [-0.05, 0) is 43.0 Å². The fraction of sp³-hybridized carbons (Fsp3) is 0.526. The lowest BCUT2D eigenvalue weighted by Gasteiger charge is -2.29. The van der Waals surface area contributed by atoms with E-state index in [0.717, 1.165) is 18.3 Å². The monoisotopic (exact) mass is 326 g/mol. The summed E-state index contributed by atoms with van der Waals surface area (Å²) in [5.41, 5.74) is 2.59. The SMILES string of the molecule is COc1cccc(C2C(NCc3ccnn3C)CCN2C2CC2)c1. The number of aromatic nitrogens is 2. The molecule has 0 radical (unpaired) electrons. The molecule has 5 nitrogen and oxygen atoms in total. The molecule has 1 aliphatic heterocycles. The fourth-order valence-corrected chi connectivity index (χ4v) is 3.91. The van der Waals surface area contributed by atoms with E-state index in [2.05, 4.69) is 39.6 Å². The first-order valence-electron chi connectivity index (χ1n) is 8.86. The zero-order valence-corrected chi connectivity index (χ0v) is 14.5. The molecule has 1 aromatic heterocycles. The summed E-state index contributed by atoms with van der Waals surface area (Å²) in [6.45, 7) is 2.04. The minimum absolute atomic E-state index is 0.431. The summed E-state index contributed by atoms with van der Waals surface area (Å²) in [6.07, 6.45) is 5.74. The Kier molecular flexibility index (Phi) is 4.29. The molecule has 1 saturated heterocycles. The van der Waals surface area contributed by atoms with Gasteiger partial charge in [0.2, 0.25) is 0 Å². The summed E-state index contributed by atoms with van der Waals surface area (Å²) in [5.74, 6) is 0.945. The molecule has 2 aliphatic rings. The van der Waals surface area contributed by atoms with Gasteiger partial charge in [0.15, 0.2) is 0 Å². The van der Waals surface area contributed by atoms with E-state index in [1.807, 2.05) is 24.0 Å². The minimum Gasteiger partial charge on any atom is -0.497 e. The van der Waals surface area contributed by atoms with Gasteiger partial charge in [0.1, 0.15) is 5.75 Å². The van der Waals surface area contributed by atoms with Gasteiger partial charge in [-0.2, -0.15) is 5.10 Å². The zero-order chi connectivity index (χ0) is 16.5. The second kappa shape index (κ2) is 6.57. The summed E-state index contributed by atoms with van der Waals surface area (Å²) in [7, 11) is 3.74. The lowest BCUT2D eigenvalue weighted by molar-refractivity contribution is 0.225. The van der Waals surface area contributed by atoms with Crippen LogP contribution in [0.2, 0.25) is 0 Å². The summed E-state index contributed by atoms with van der Waals surface area (Å²) >= 11 is 0. The van der Waals surface area contributed by atoms with Crippen molar-refractivity contribution in [2.45, 2.75) is 43.9 Å². The van der Waals surface area contributed by atoms with Gasteiger partial charge in [0.25, 0.3) is 0 Å². The maximum Gasteiger partial charge on any atom is 0.119 e. The first-order valence-corrected chi connectivity index (χ1v) is 8.86.